The summed E-state index contributed by atoms with van der Waals surface area (Å²) in [7, 11) is 0. The lowest BCUT2D eigenvalue weighted by atomic mass is 10.1. The van der Waals surface area contributed by atoms with Gasteiger partial charge in [-0.2, -0.15) is 10.2 Å². The molecule has 2 heterocycles. The van der Waals surface area contributed by atoms with Gasteiger partial charge in [0.15, 0.2) is 5.82 Å². The molecule has 6 nitrogen and oxygen atoms in total. The number of para-hydroxylation sites is 1. The van der Waals surface area contributed by atoms with Gasteiger partial charge in [0.25, 0.3) is 0 Å². The normalized spacial score (nSPS) is 10.7. The maximum atomic E-state index is 11.3. The van der Waals surface area contributed by atoms with Crippen molar-refractivity contribution in [1.29, 1.82) is 0 Å². The van der Waals surface area contributed by atoms with Gasteiger partial charge in [0.2, 0.25) is 0 Å². The van der Waals surface area contributed by atoms with E-state index in [1.807, 2.05) is 24.3 Å². The molecule has 1 N–H and O–H groups in total. The second-order valence-corrected chi connectivity index (χ2v) is 3.68. The second kappa shape index (κ2) is 3.92. The first-order chi connectivity index (χ1) is 8.75. The van der Waals surface area contributed by atoms with E-state index < -0.39 is 5.97 Å². The van der Waals surface area contributed by atoms with E-state index in [9.17, 15) is 9.90 Å². The number of aromatic nitrogens is 4. The van der Waals surface area contributed by atoms with Crippen molar-refractivity contribution in [2.75, 3.05) is 0 Å². The van der Waals surface area contributed by atoms with Crippen molar-refractivity contribution in [1.82, 2.24) is 20.0 Å². The monoisotopic (exact) mass is 240 g/mol. The van der Waals surface area contributed by atoms with Crippen molar-refractivity contribution in [2.45, 2.75) is 0 Å². The highest BCUT2D eigenvalue weighted by molar-refractivity contribution is 5.96. The quantitative estimate of drug-likeness (QED) is 0.734. The van der Waals surface area contributed by atoms with E-state index in [2.05, 4.69) is 15.2 Å². The van der Waals surface area contributed by atoms with Gasteiger partial charge in [-0.05, 0) is 12.1 Å². The standard InChI is InChI=1S/C12H8N4O2/c17-12(18)9-7-8-3-1-2-4-10(8)15-11(9)16-13-5-6-14-16/h1-7H,(H,17,18). The van der Waals surface area contributed by atoms with Gasteiger partial charge in [-0.15, -0.1) is 4.80 Å². The molecule has 6 heteroatoms. The number of carboxylic acid groups (broad SMARTS) is 1. The average Bonchev–Trinajstić information content (AvgIpc) is 2.91. The van der Waals surface area contributed by atoms with Gasteiger partial charge in [-0.3, -0.25) is 0 Å². The molecule has 1 aromatic carbocycles. The molecule has 0 fully saturated rings. The number of hydrogen-bond donors (Lipinski definition) is 1. The molecule has 0 aliphatic rings. The lowest BCUT2D eigenvalue weighted by Crippen LogP contribution is -2.10. The van der Waals surface area contributed by atoms with Crippen LogP contribution in [0.15, 0.2) is 42.7 Å². The van der Waals surface area contributed by atoms with Crippen LogP contribution < -0.4 is 0 Å². The van der Waals surface area contributed by atoms with Gasteiger partial charge in [0.1, 0.15) is 5.56 Å². The largest absolute Gasteiger partial charge is 0.478 e. The summed E-state index contributed by atoms with van der Waals surface area (Å²) in [4.78, 5) is 16.8. The van der Waals surface area contributed by atoms with Crippen molar-refractivity contribution in [3.05, 3.63) is 48.3 Å². The van der Waals surface area contributed by atoms with Gasteiger partial charge < -0.3 is 5.11 Å². The predicted octanol–water partition coefficient (Wildman–Crippen LogP) is 1.51. The number of fused-ring (bicyclic) bond motifs is 1. The molecule has 0 saturated carbocycles. The first-order valence-corrected chi connectivity index (χ1v) is 5.25. The highest BCUT2D eigenvalue weighted by Gasteiger charge is 2.15. The van der Waals surface area contributed by atoms with Gasteiger partial charge in [-0.1, -0.05) is 18.2 Å². The minimum Gasteiger partial charge on any atom is -0.478 e. The molecule has 3 rings (SSSR count). The highest BCUT2D eigenvalue weighted by atomic mass is 16.4. The molecule has 0 atom stereocenters. The van der Waals surface area contributed by atoms with Crippen molar-refractivity contribution < 1.29 is 9.90 Å². The summed E-state index contributed by atoms with van der Waals surface area (Å²) in [6, 6.07) is 8.88. The Balaban J connectivity index is 2.34. The van der Waals surface area contributed by atoms with Crippen LogP contribution in [-0.2, 0) is 0 Å². The van der Waals surface area contributed by atoms with Gasteiger partial charge in [0.05, 0.1) is 17.9 Å². The maximum Gasteiger partial charge on any atom is 0.339 e. The minimum atomic E-state index is -1.06. The van der Waals surface area contributed by atoms with E-state index in [0.29, 0.717) is 5.52 Å². The molecular formula is C12H8N4O2. The number of hydrogen-bond acceptors (Lipinski definition) is 4. The Morgan fingerprint density at radius 1 is 1.17 bits per heavy atom. The van der Waals surface area contributed by atoms with Crippen LogP contribution in [0.5, 0.6) is 0 Å². The van der Waals surface area contributed by atoms with Crippen molar-refractivity contribution in [2.24, 2.45) is 0 Å². The molecular weight excluding hydrogens is 232 g/mol. The summed E-state index contributed by atoms with van der Waals surface area (Å²) in [5, 5.41) is 17.8. The topological polar surface area (TPSA) is 80.9 Å². The fraction of sp³-hybridized carbons (Fsp3) is 0. The van der Waals surface area contributed by atoms with E-state index in [4.69, 9.17) is 0 Å². The molecule has 0 radical (unpaired) electrons. The van der Waals surface area contributed by atoms with Crippen LogP contribution >= 0.6 is 0 Å². The zero-order valence-corrected chi connectivity index (χ0v) is 9.19. The third kappa shape index (κ3) is 1.60. The molecule has 0 saturated heterocycles. The lowest BCUT2D eigenvalue weighted by molar-refractivity contribution is 0.0696. The van der Waals surface area contributed by atoms with E-state index in [-0.39, 0.29) is 11.4 Å². The van der Waals surface area contributed by atoms with Crippen LogP contribution in [-0.4, -0.2) is 31.1 Å². The van der Waals surface area contributed by atoms with Crippen LogP contribution in [0.4, 0.5) is 0 Å². The Morgan fingerprint density at radius 2 is 1.89 bits per heavy atom. The summed E-state index contributed by atoms with van der Waals surface area (Å²) < 4.78 is 0. The average molecular weight is 240 g/mol. The number of carboxylic acids is 1. The zero-order valence-electron chi connectivity index (χ0n) is 9.19. The van der Waals surface area contributed by atoms with Gasteiger partial charge in [0, 0.05) is 5.39 Å². The molecule has 0 aliphatic heterocycles. The molecule has 18 heavy (non-hydrogen) atoms. The lowest BCUT2D eigenvalue weighted by Gasteiger charge is -2.06. The first kappa shape index (κ1) is 10.4. The Hall–Kier alpha value is -2.76. The maximum absolute atomic E-state index is 11.3. The summed E-state index contributed by atoms with van der Waals surface area (Å²) in [6.07, 6.45) is 2.95. The summed E-state index contributed by atoms with van der Waals surface area (Å²) in [5.41, 5.74) is 0.778. The van der Waals surface area contributed by atoms with Crippen LogP contribution in [0, 0.1) is 0 Å². The fourth-order valence-corrected chi connectivity index (χ4v) is 1.74. The second-order valence-electron chi connectivity index (χ2n) is 3.68. The number of carbonyl (C=O) groups is 1. The molecule has 2 aromatic heterocycles. The number of nitrogens with zero attached hydrogens (tertiary/aromatic N) is 4. The first-order valence-electron chi connectivity index (χ1n) is 5.25. The van der Waals surface area contributed by atoms with Crippen LogP contribution in [0.1, 0.15) is 10.4 Å². The molecule has 88 valence electrons. The fourth-order valence-electron chi connectivity index (χ4n) is 1.74. The van der Waals surface area contributed by atoms with E-state index in [1.54, 1.807) is 6.07 Å². The molecule has 0 unspecified atom stereocenters. The smallest absolute Gasteiger partial charge is 0.339 e. The Bertz CT molecular complexity index is 722. The van der Waals surface area contributed by atoms with E-state index in [1.165, 1.54) is 17.2 Å². The number of aromatic carboxylic acids is 1. The van der Waals surface area contributed by atoms with Crippen molar-refractivity contribution >= 4 is 16.9 Å². The highest BCUT2D eigenvalue weighted by Crippen LogP contribution is 2.18. The molecule has 0 spiro atoms. The summed E-state index contributed by atoms with van der Waals surface area (Å²) in [5.74, 6) is -0.841. The summed E-state index contributed by atoms with van der Waals surface area (Å²) in [6.45, 7) is 0. The van der Waals surface area contributed by atoms with Crippen LogP contribution in [0.2, 0.25) is 0 Å². The third-order valence-electron chi connectivity index (χ3n) is 2.54. The van der Waals surface area contributed by atoms with E-state index >= 15 is 0 Å². The zero-order chi connectivity index (χ0) is 12.5. The van der Waals surface area contributed by atoms with Crippen molar-refractivity contribution in [3.63, 3.8) is 0 Å². The molecule has 0 bridgehead atoms. The Morgan fingerprint density at radius 3 is 2.61 bits per heavy atom. The SMILES string of the molecule is O=C(O)c1cc2ccccc2nc1-n1nccn1. The summed E-state index contributed by atoms with van der Waals surface area (Å²) >= 11 is 0. The van der Waals surface area contributed by atoms with Gasteiger partial charge >= 0.3 is 5.97 Å². The minimum absolute atomic E-state index is 0.0740. The Labute approximate surface area is 102 Å². The van der Waals surface area contributed by atoms with Gasteiger partial charge in [-0.25, -0.2) is 9.78 Å². The third-order valence-corrected chi connectivity index (χ3v) is 2.54. The molecule has 3 aromatic rings. The number of pyridine rings is 1. The molecule has 0 aliphatic carbocycles. The van der Waals surface area contributed by atoms with E-state index in [0.717, 1.165) is 5.39 Å². The number of benzene rings is 1. The predicted molar refractivity (Wildman–Crippen MR) is 63.6 cm³/mol. The molecule has 0 amide bonds. The van der Waals surface area contributed by atoms with Crippen LogP contribution in [0.25, 0.3) is 16.7 Å². The van der Waals surface area contributed by atoms with Crippen LogP contribution in [0.3, 0.4) is 0 Å². The Kier molecular flexibility index (Phi) is 2.26. The van der Waals surface area contributed by atoms with Crippen molar-refractivity contribution in [3.8, 4) is 5.82 Å². The number of rotatable bonds is 2.